The molecule has 2 unspecified atom stereocenters. The second-order valence-electron chi connectivity index (χ2n) is 4.16. The van der Waals surface area contributed by atoms with E-state index in [1.54, 1.807) is 12.1 Å². The van der Waals surface area contributed by atoms with Crippen LogP contribution in [-0.2, 0) is 9.53 Å². The summed E-state index contributed by atoms with van der Waals surface area (Å²) in [5.74, 6) is -1.42. The molecule has 0 radical (unpaired) electrons. The van der Waals surface area contributed by atoms with E-state index in [-0.39, 0.29) is 17.0 Å². The highest BCUT2D eigenvalue weighted by molar-refractivity contribution is 5.98. The van der Waals surface area contributed by atoms with E-state index in [4.69, 9.17) is 4.74 Å². The first-order valence-corrected chi connectivity index (χ1v) is 5.68. The summed E-state index contributed by atoms with van der Waals surface area (Å²) in [4.78, 5) is 23.1. The molecule has 100 valence electrons. The van der Waals surface area contributed by atoms with Crippen LogP contribution in [0.3, 0.4) is 0 Å². The van der Waals surface area contributed by atoms with Crippen molar-refractivity contribution in [2.45, 2.75) is 19.1 Å². The maximum atomic E-state index is 11.9. The Bertz CT molecular complexity index is 552. The quantitative estimate of drug-likeness (QED) is 0.667. The van der Waals surface area contributed by atoms with E-state index in [0.717, 1.165) is 6.08 Å². The van der Waals surface area contributed by atoms with Crippen molar-refractivity contribution in [2.24, 2.45) is 0 Å². The van der Waals surface area contributed by atoms with E-state index in [1.165, 1.54) is 19.1 Å². The zero-order valence-corrected chi connectivity index (χ0v) is 10.2. The fourth-order valence-electron chi connectivity index (χ4n) is 1.72. The summed E-state index contributed by atoms with van der Waals surface area (Å²) >= 11 is 0. The average Bonchev–Trinajstić information content (AvgIpc) is 2.35. The van der Waals surface area contributed by atoms with Crippen LogP contribution in [0.4, 0.5) is 0 Å². The fourth-order valence-corrected chi connectivity index (χ4v) is 1.72. The number of aliphatic hydroxyl groups is 1. The van der Waals surface area contributed by atoms with Gasteiger partial charge in [-0.3, -0.25) is 4.79 Å². The Morgan fingerprint density at radius 2 is 2.05 bits per heavy atom. The number of nitrogens with one attached hydrogen (secondary N) is 1. The van der Waals surface area contributed by atoms with Crippen molar-refractivity contribution in [2.75, 3.05) is 0 Å². The van der Waals surface area contributed by atoms with E-state index < -0.39 is 24.1 Å². The molecule has 2 atom stereocenters. The zero-order chi connectivity index (χ0) is 14.0. The number of benzene rings is 1. The number of hydrogen-bond donors (Lipinski definition) is 3. The van der Waals surface area contributed by atoms with Gasteiger partial charge >= 0.3 is 5.97 Å². The summed E-state index contributed by atoms with van der Waals surface area (Å²) < 4.78 is 4.77. The van der Waals surface area contributed by atoms with Gasteiger partial charge in [0.15, 0.2) is 0 Å². The maximum Gasteiger partial charge on any atom is 0.332 e. The Morgan fingerprint density at radius 1 is 1.37 bits per heavy atom. The van der Waals surface area contributed by atoms with Crippen molar-refractivity contribution in [1.82, 2.24) is 5.32 Å². The lowest BCUT2D eigenvalue weighted by molar-refractivity contribution is -0.148. The van der Waals surface area contributed by atoms with Crippen LogP contribution in [0.1, 0.15) is 17.3 Å². The number of carbonyl (C=O) groups is 2. The van der Waals surface area contributed by atoms with Crippen molar-refractivity contribution in [3.8, 4) is 5.75 Å². The number of phenolic OH excluding ortho intramolecular Hbond substituents is 1. The topological polar surface area (TPSA) is 95.9 Å². The SMILES string of the molecule is CC1OC(=O)C=C(NC(=O)c2ccccc2O)C1O. The van der Waals surface area contributed by atoms with E-state index in [0.29, 0.717) is 0 Å². The van der Waals surface area contributed by atoms with Gasteiger partial charge in [0.2, 0.25) is 0 Å². The minimum absolute atomic E-state index is 0.0528. The predicted molar refractivity (Wildman–Crippen MR) is 65.2 cm³/mol. The Balaban J connectivity index is 2.19. The molecule has 0 bridgehead atoms. The molecule has 1 heterocycles. The highest BCUT2D eigenvalue weighted by Crippen LogP contribution is 2.18. The van der Waals surface area contributed by atoms with Crippen LogP contribution in [0.5, 0.6) is 5.75 Å². The monoisotopic (exact) mass is 263 g/mol. The number of cyclic esters (lactones) is 1. The minimum Gasteiger partial charge on any atom is -0.507 e. The van der Waals surface area contributed by atoms with Crippen LogP contribution < -0.4 is 5.32 Å². The zero-order valence-electron chi connectivity index (χ0n) is 10.2. The molecule has 19 heavy (non-hydrogen) atoms. The van der Waals surface area contributed by atoms with E-state index >= 15 is 0 Å². The van der Waals surface area contributed by atoms with Gasteiger partial charge in [-0.2, -0.15) is 0 Å². The van der Waals surface area contributed by atoms with E-state index in [9.17, 15) is 19.8 Å². The molecule has 3 N–H and O–H groups in total. The highest BCUT2D eigenvalue weighted by Gasteiger charge is 2.29. The Kier molecular flexibility index (Phi) is 3.52. The number of aliphatic hydroxyl groups excluding tert-OH is 1. The number of hydrogen-bond acceptors (Lipinski definition) is 5. The molecule has 0 saturated heterocycles. The Morgan fingerprint density at radius 3 is 2.74 bits per heavy atom. The maximum absolute atomic E-state index is 11.9. The molecule has 6 nitrogen and oxygen atoms in total. The third kappa shape index (κ3) is 2.74. The lowest BCUT2D eigenvalue weighted by atomic mass is 10.1. The van der Waals surface area contributed by atoms with Crippen molar-refractivity contribution in [3.05, 3.63) is 41.6 Å². The predicted octanol–water partition coefficient (Wildman–Crippen LogP) is 0.312. The number of carbonyl (C=O) groups excluding carboxylic acids is 2. The standard InChI is InChI=1S/C13H13NO5/c1-7-12(17)9(6-11(16)19-7)14-13(18)8-4-2-3-5-10(8)15/h2-7,12,15,17H,1H3,(H,14,18). The van der Waals surface area contributed by atoms with Crippen molar-refractivity contribution < 1.29 is 24.5 Å². The third-order valence-corrected chi connectivity index (χ3v) is 2.75. The van der Waals surface area contributed by atoms with Crippen molar-refractivity contribution in [3.63, 3.8) is 0 Å². The first-order chi connectivity index (χ1) is 8.99. The summed E-state index contributed by atoms with van der Waals surface area (Å²) in [6.45, 7) is 1.52. The first kappa shape index (κ1) is 13.1. The molecule has 1 amide bonds. The number of para-hydroxylation sites is 1. The summed E-state index contributed by atoms with van der Waals surface area (Å²) in [6, 6.07) is 5.98. The number of aromatic hydroxyl groups is 1. The second-order valence-corrected chi connectivity index (χ2v) is 4.16. The molecule has 2 rings (SSSR count). The second kappa shape index (κ2) is 5.11. The Labute approximate surface area is 109 Å². The van der Waals surface area contributed by atoms with Gasteiger partial charge in [0.05, 0.1) is 11.3 Å². The van der Waals surface area contributed by atoms with Gasteiger partial charge in [-0.1, -0.05) is 12.1 Å². The van der Waals surface area contributed by atoms with Crippen LogP contribution in [0, 0.1) is 0 Å². The molecule has 0 fully saturated rings. The van der Waals surface area contributed by atoms with Gasteiger partial charge in [-0.25, -0.2) is 4.79 Å². The number of rotatable bonds is 2. The van der Waals surface area contributed by atoms with Crippen LogP contribution in [0.2, 0.25) is 0 Å². The molecule has 0 saturated carbocycles. The minimum atomic E-state index is -1.10. The smallest absolute Gasteiger partial charge is 0.332 e. The summed E-state index contributed by atoms with van der Waals surface area (Å²) in [6.07, 6.45) is -0.826. The normalized spacial score (nSPS) is 22.4. The van der Waals surface area contributed by atoms with Crippen molar-refractivity contribution in [1.29, 1.82) is 0 Å². The lowest BCUT2D eigenvalue weighted by Crippen LogP contribution is -2.41. The summed E-state index contributed by atoms with van der Waals surface area (Å²) in [5.41, 5.74) is 0.110. The lowest BCUT2D eigenvalue weighted by Gasteiger charge is -2.25. The van der Waals surface area contributed by atoms with Crippen LogP contribution in [-0.4, -0.2) is 34.3 Å². The molecular formula is C13H13NO5. The molecular weight excluding hydrogens is 250 g/mol. The van der Waals surface area contributed by atoms with Crippen LogP contribution in [0.15, 0.2) is 36.0 Å². The summed E-state index contributed by atoms with van der Waals surface area (Å²) in [5, 5.41) is 21.7. The molecule has 1 aliphatic rings. The largest absolute Gasteiger partial charge is 0.507 e. The molecule has 1 aromatic rings. The number of ether oxygens (including phenoxy) is 1. The molecule has 1 aromatic carbocycles. The van der Waals surface area contributed by atoms with E-state index in [1.807, 2.05) is 0 Å². The van der Waals surface area contributed by atoms with Gasteiger partial charge in [0.25, 0.3) is 5.91 Å². The van der Waals surface area contributed by atoms with Crippen LogP contribution in [0.25, 0.3) is 0 Å². The van der Waals surface area contributed by atoms with Gasteiger partial charge in [0, 0.05) is 6.08 Å². The van der Waals surface area contributed by atoms with Gasteiger partial charge in [0.1, 0.15) is 18.0 Å². The number of amides is 1. The third-order valence-electron chi connectivity index (χ3n) is 2.75. The van der Waals surface area contributed by atoms with Gasteiger partial charge in [-0.05, 0) is 19.1 Å². The van der Waals surface area contributed by atoms with E-state index in [2.05, 4.69) is 5.32 Å². The van der Waals surface area contributed by atoms with Gasteiger partial charge in [-0.15, -0.1) is 0 Å². The molecule has 0 aliphatic carbocycles. The summed E-state index contributed by atoms with van der Waals surface area (Å²) in [7, 11) is 0. The van der Waals surface area contributed by atoms with Crippen molar-refractivity contribution >= 4 is 11.9 Å². The first-order valence-electron chi connectivity index (χ1n) is 5.68. The van der Waals surface area contributed by atoms with Crippen LogP contribution >= 0.6 is 0 Å². The molecule has 6 heteroatoms. The number of phenols is 1. The number of esters is 1. The average molecular weight is 263 g/mol. The van der Waals surface area contributed by atoms with Gasteiger partial charge < -0.3 is 20.3 Å². The highest BCUT2D eigenvalue weighted by atomic mass is 16.6. The fraction of sp³-hybridized carbons (Fsp3) is 0.231. The molecule has 0 aromatic heterocycles. The molecule has 1 aliphatic heterocycles. The Hall–Kier alpha value is -2.34. The molecule has 0 spiro atoms.